The van der Waals surface area contributed by atoms with Crippen LogP contribution in [0.5, 0.6) is 17.2 Å². The molecule has 2 rings (SSSR count). The molecule has 18 heavy (non-hydrogen) atoms. The molecule has 0 aromatic heterocycles. The molecule has 0 aliphatic carbocycles. The van der Waals surface area contributed by atoms with Gasteiger partial charge < -0.3 is 15.2 Å². The molecule has 0 aliphatic rings. The molecule has 0 unspecified atom stereocenters. The van der Waals surface area contributed by atoms with Crippen molar-refractivity contribution in [1.82, 2.24) is 0 Å². The summed E-state index contributed by atoms with van der Waals surface area (Å²) in [6, 6.07) is 8.30. The van der Waals surface area contributed by atoms with E-state index in [9.17, 15) is 8.78 Å². The highest BCUT2D eigenvalue weighted by atomic mass is 19.1. The van der Waals surface area contributed by atoms with Crippen LogP contribution in [0.15, 0.2) is 36.4 Å². The Morgan fingerprint density at radius 1 is 1.00 bits per heavy atom. The Hall–Kier alpha value is -2.30. The minimum atomic E-state index is -0.849. The first-order valence-corrected chi connectivity index (χ1v) is 5.16. The van der Waals surface area contributed by atoms with Crippen LogP contribution in [0.4, 0.5) is 14.5 Å². The lowest BCUT2D eigenvalue weighted by Crippen LogP contribution is -1.97. The quantitative estimate of drug-likeness (QED) is 0.851. The number of benzene rings is 2. The van der Waals surface area contributed by atoms with Gasteiger partial charge in [-0.2, -0.15) is 0 Å². The van der Waals surface area contributed by atoms with E-state index in [0.717, 1.165) is 6.07 Å². The molecule has 94 valence electrons. The second kappa shape index (κ2) is 4.91. The van der Waals surface area contributed by atoms with Crippen LogP contribution in [-0.2, 0) is 0 Å². The van der Waals surface area contributed by atoms with Crippen molar-refractivity contribution in [1.29, 1.82) is 0 Å². The molecule has 0 spiro atoms. The maximum Gasteiger partial charge on any atom is 0.156 e. The van der Waals surface area contributed by atoms with Gasteiger partial charge in [0.05, 0.1) is 7.11 Å². The van der Waals surface area contributed by atoms with Crippen LogP contribution in [0.2, 0.25) is 0 Å². The summed E-state index contributed by atoms with van der Waals surface area (Å²) in [5, 5.41) is 0. The molecule has 5 heteroatoms. The Morgan fingerprint density at radius 2 is 1.61 bits per heavy atom. The number of methoxy groups -OCH3 is 1. The molecule has 3 nitrogen and oxygen atoms in total. The Balaban J connectivity index is 2.27. The topological polar surface area (TPSA) is 44.5 Å². The minimum absolute atomic E-state index is 0.0577. The normalized spacial score (nSPS) is 10.2. The number of anilines is 1. The van der Waals surface area contributed by atoms with Gasteiger partial charge in [0.25, 0.3) is 0 Å². The molecule has 0 aliphatic heterocycles. The molecule has 2 aromatic rings. The summed E-state index contributed by atoms with van der Waals surface area (Å²) in [4.78, 5) is 0. The summed E-state index contributed by atoms with van der Waals surface area (Å²) >= 11 is 0. The first-order valence-electron chi connectivity index (χ1n) is 5.16. The third-order valence-corrected chi connectivity index (χ3v) is 2.34. The van der Waals surface area contributed by atoms with Crippen LogP contribution in [-0.4, -0.2) is 7.11 Å². The van der Waals surface area contributed by atoms with Crippen molar-refractivity contribution in [2.75, 3.05) is 12.8 Å². The zero-order chi connectivity index (χ0) is 13.1. The predicted octanol–water partition coefficient (Wildman–Crippen LogP) is 3.35. The summed E-state index contributed by atoms with van der Waals surface area (Å²) in [6.07, 6.45) is 0. The van der Waals surface area contributed by atoms with Gasteiger partial charge >= 0.3 is 0 Å². The van der Waals surface area contributed by atoms with E-state index in [1.807, 2.05) is 0 Å². The maximum atomic E-state index is 13.2. The Kier molecular flexibility index (Phi) is 3.32. The van der Waals surface area contributed by atoms with Crippen molar-refractivity contribution in [3.05, 3.63) is 48.0 Å². The lowest BCUT2D eigenvalue weighted by atomic mass is 10.2. The van der Waals surface area contributed by atoms with Gasteiger partial charge in [-0.1, -0.05) is 0 Å². The molecule has 0 saturated heterocycles. The minimum Gasteiger partial charge on any atom is -0.497 e. The van der Waals surface area contributed by atoms with Gasteiger partial charge in [0.2, 0.25) is 0 Å². The van der Waals surface area contributed by atoms with Crippen molar-refractivity contribution in [2.24, 2.45) is 0 Å². The smallest absolute Gasteiger partial charge is 0.156 e. The van der Waals surface area contributed by atoms with E-state index in [0.29, 0.717) is 17.6 Å². The van der Waals surface area contributed by atoms with E-state index in [1.165, 1.54) is 7.11 Å². The van der Waals surface area contributed by atoms with E-state index >= 15 is 0 Å². The first-order chi connectivity index (χ1) is 8.60. The van der Waals surface area contributed by atoms with Gasteiger partial charge in [-0.05, 0) is 24.3 Å². The number of rotatable bonds is 3. The molecule has 0 heterocycles. The highest BCUT2D eigenvalue weighted by Gasteiger charge is 2.10. The van der Waals surface area contributed by atoms with Crippen molar-refractivity contribution in [3.63, 3.8) is 0 Å². The lowest BCUT2D eigenvalue weighted by Gasteiger charge is -2.09. The molecular weight excluding hydrogens is 240 g/mol. The summed E-state index contributed by atoms with van der Waals surface area (Å²) in [6.45, 7) is 0. The summed E-state index contributed by atoms with van der Waals surface area (Å²) in [5.74, 6) is -0.588. The van der Waals surface area contributed by atoms with Gasteiger partial charge in [-0.25, -0.2) is 8.78 Å². The number of nitrogen functional groups attached to an aromatic ring is 1. The van der Waals surface area contributed by atoms with Crippen LogP contribution in [0.1, 0.15) is 0 Å². The second-order valence-corrected chi connectivity index (χ2v) is 3.58. The number of nitrogens with two attached hydrogens (primary N) is 1. The fraction of sp³-hybridized carbons (Fsp3) is 0.0769. The van der Waals surface area contributed by atoms with Crippen molar-refractivity contribution < 1.29 is 18.3 Å². The third-order valence-electron chi connectivity index (χ3n) is 2.34. The van der Waals surface area contributed by atoms with E-state index in [-0.39, 0.29) is 11.4 Å². The van der Waals surface area contributed by atoms with Crippen molar-refractivity contribution in [2.45, 2.75) is 0 Å². The Morgan fingerprint density at radius 3 is 2.22 bits per heavy atom. The van der Waals surface area contributed by atoms with Gasteiger partial charge in [0.15, 0.2) is 11.6 Å². The SMILES string of the molecule is COc1ccc(Oc2cc(F)cc(F)c2N)cc1. The number of halogens is 2. The van der Waals surface area contributed by atoms with Crippen LogP contribution < -0.4 is 15.2 Å². The molecule has 0 atom stereocenters. The highest BCUT2D eigenvalue weighted by molar-refractivity contribution is 5.55. The Bertz CT molecular complexity index is 556. The van der Waals surface area contributed by atoms with Crippen molar-refractivity contribution in [3.8, 4) is 17.2 Å². The van der Waals surface area contributed by atoms with E-state index in [4.69, 9.17) is 15.2 Å². The van der Waals surface area contributed by atoms with Gasteiger partial charge in [0, 0.05) is 12.1 Å². The molecule has 0 saturated carbocycles. The largest absolute Gasteiger partial charge is 0.497 e. The van der Waals surface area contributed by atoms with Crippen LogP contribution in [0.3, 0.4) is 0 Å². The standard InChI is InChI=1S/C13H11F2NO2/c1-17-9-2-4-10(5-3-9)18-12-7-8(14)6-11(15)13(12)16/h2-7H,16H2,1H3. The summed E-state index contributed by atoms with van der Waals surface area (Å²) < 4.78 is 36.5. The van der Waals surface area contributed by atoms with Gasteiger partial charge in [0.1, 0.15) is 23.0 Å². The summed E-state index contributed by atoms with van der Waals surface area (Å²) in [5.41, 5.74) is 5.23. The fourth-order valence-corrected chi connectivity index (χ4v) is 1.42. The fourth-order valence-electron chi connectivity index (χ4n) is 1.42. The molecule has 2 aromatic carbocycles. The maximum absolute atomic E-state index is 13.2. The van der Waals surface area contributed by atoms with Gasteiger partial charge in [-0.3, -0.25) is 0 Å². The van der Waals surface area contributed by atoms with Crippen LogP contribution >= 0.6 is 0 Å². The van der Waals surface area contributed by atoms with E-state index < -0.39 is 11.6 Å². The number of ether oxygens (including phenoxy) is 2. The molecule has 0 bridgehead atoms. The third kappa shape index (κ3) is 2.51. The second-order valence-electron chi connectivity index (χ2n) is 3.58. The van der Waals surface area contributed by atoms with E-state index in [2.05, 4.69) is 0 Å². The average Bonchev–Trinajstić information content (AvgIpc) is 2.36. The average molecular weight is 251 g/mol. The number of hydrogen-bond acceptors (Lipinski definition) is 3. The zero-order valence-corrected chi connectivity index (χ0v) is 9.61. The molecule has 0 radical (unpaired) electrons. The van der Waals surface area contributed by atoms with Crippen LogP contribution in [0, 0.1) is 11.6 Å². The Labute approximate surface area is 103 Å². The van der Waals surface area contributed by atoms with Gasteiger partial charge in [-0.15, -0.1) is 0 Å². The van der Waals surface area contributed by atoms with Crippen LogP contribution in [0.25, 0.3) is 0 Å². The number of hydrogen-bond donors (Lipinski definition) is 1. The molecule has 0 fully saturated rings. The first kappa shape index (κ1) is 12.2. The lowest BCUT2D eigenvalue weighted by molar-refractivity contribution is 0.412. The summed E-state index contributed by atoms with van der Waals surface area (Å²) in [7, 11) is 1.54. The molecular formula is C13H11F2NO2. The van der Waals surface area contributed by atoms with Crippen molar-refractivity contribution >= 4 is 5.69 Å². The zero-order valence-electron chi connectivity index (χ0n) is 9.61. The predicted molar refractivity (Wildman–Crippen MR) is 63.8 cm³/mol. The van der Waals surface area contributed by atoms with E-state index in [1.54, 1.807) is 24.3 Å². The molecule has 2 N–H and O–H groups in total. The molecule has 0 amide bonds. The monoisotopic (exact) mass is 251 g/mol. The highest BCUT2D eigenvalue weighted by Crippen LogP contribution is 2.31.